The van der Waals surface area contributed by atoms with Gasteiger partial charge < -0.3 is 9.47 Å². The Bertz CT molecular complexity index is 630. The Morgan fingerprint density at radius 2 is 1.52 bits per heavy atom. The molecule has 2 amide bonds. The van der Waals surface area contributed by atoms with Crippen LogP contribution in [0.5, 0.6) is 0 Å². The number of rotatable bonds is 3. The minimum absolute atomic E-state index is 0.196. The smallest absolute Gasteiger partial charge is 0.420 e. The Morgan fingerprint density at radius 3 is 1.92 bits per heavy atom. The molecule has 7 heteroatoms. The normalized spacial score (nSPS) is 11.6. The highest BCUT2D eigenvalue weighted by Crippen LogP contribution is 2.20. The third-order valence-corrected chi connectivity index (χ3v) is 3.02. The predicted octanol–water partition coefficient (Wildman–Crippen LogP) is 4.82. The van der Waals surface area contributed by atoms with Crippen molar-refractivity contribution >= 4 is 30.1 Å². The first-order chi connectivity index (χ1) is 11.3. The van der Waals surface area contributed by atoms with Gasteiger partial charge in [0.05, 0.1) is 6.54 Å². The molecule has 0 saturated carbocycles. The third-order valence-electron chi connectivity index (χ3n) is 2.79. The molecule has 0 fully saturated rings. The number of halogens is 1. The summed E-state index contributed by atoms with van der Waals surface area (Å²) < 4.78 is 10.6. The van der Waals surface area contributed by atoms with Crippen LogP contribution in [0.2, 0.25) is 5.02 Å². The Morgan fingerprint density at radius 1 is 1.04 bits per heavy atom. The highest BCUT2D eigenvalue weighted by molar-refractivity contribution is 6.30. The van der Waals surface area contributed by atoms with Crippen molar-refractivity contribution in [1.29, 1.82) is 0 Å². The highest BCUT2D eigenvalue weighted by atomic mass is 35.5. The number of aldehydes is 1. The molecule has 1 aromatic carbocycles. The summed E-state index contributed by atoms with van der Waals surface area (Å²) >= 11 is 5.96. The van der Waals surface area contributed by atoms with Crippen LogP contribution in [0.3, 0.4) is 0 Å². The first kappa shape index (κ1) is 21.0. The number of hydrogen-bond donors (Lipinski definition) is 0. The molecule has 0 atom stereocenters. The summed E-state index contributed by atoms with van der Waals surface area (Å²) in [6.45, 7) is 9.94. The first-order valence-corrected chi connectivity index (χ1v) is 8.17. The van der Waals surface area contributed by atoms with Gasteiger partial charge in [-0.3, -0.25) is 4.79 Å². The minimum atomic E-state index is -0.862. The van der Waals surface area contributed by atoms with Gasteiger partial charge in [-0.15, -0.1) is 0 Å². The van der Waals surface area contributed by atoms with E-state index in [-0.39, 0.29) is 6.54 Å². The molecule has 0 aliphatic heterocycles. The number of imide groups is 1. The molecule has 0 aliphatic rings. The van der Waals surface area contributed by atoms with E-state index in [2.05, 4.69) is 0 Å². The summed E-state index contributed by atoms with van der Waals surface area (Å²) in [5.74, 6) is 0. The van der Waals surface area contributed by atoms with Crippen molar-refractivity contribution in [3.8, 4) is 0 Å². The zero-order valence-electron chi connectivity index (χ0n) is 15.4. The van der Waals surface area contributed by atoms with E-state index in [1.807, 2.05) is 0 Å². The van der Waals surface area contributed by atoms with Crippen LogP contribution < -0.4 is 0 Å². The summed E-state index contributed by atoms with van der Waals surface area (Å²) in [6, 6.07) is 4.60. The molecular weight excluding hydrogens is 346 g/mol. The van der Waals surface area contributed by atoms with E-state index in [9.17, 15) is 14.4 Å². The largest absolute Gasteiger partial charge is 0.443 e. The summed E-state index contributed by atoms with van der Waals surface area (Å²) in [5.41, 5.74) is -0.848. The van der Waals surface area contributed by atoms with Crippen molar-refractivity contribution in [3.05, 3.63) is 34.3 Å². The molecule has 0 bridgehead atoms. The topological polar surface area (TPSA) is 72.9 Å². The van der Waals surface area contributed by atoms with Gasteiger partial charge in [0.15, 0.2) is 0 Å². The molecular formula is C18H24ClNO5. The fourth-order valence-electron chi connectivity index (χ4n) is 1.83. The second-order valence-corrected chi connectivity index (χ2v) is 7.94. The molecule has 6 nitrogen and oxygen atoms in total. The number of nitrogens with zero attached hydrogens (tertiary/aromatic N) is 1. The van der Waals surface area contributed by atoms with Crippen LogP contribution in [0.15, 0.2) is 18.2 Å². The Kier molecular flexibility index (Phi) is 6.60. The predicted molar refractivity (Wildman–Crippen MR) is 94.9 cm³/mol. The van der Waals surface area contributed by atoms with Crippen molar-refractivity contribution in [2.75, 3.05) is 0 Å². The highest BCUT2D eigenvalue weighted by Gasteiger charge is 2.31. The van der Waals surface area contributed by atoms with E-state index in [1.54, 1.807) is 47.6 Å². The molecule has 0 aliphatic carbocycles. The van der Waals surface area contributed by atoms with Crippen molar-refractivity contribution < 1.29 is 23.9 Å². The summed E-state index contributed by atoms with van der Waals surface area (Å²) in [7, 11) is 0. The molecule has 0 aromatic heterocycles. The average Bonchev–Trinajstić information content (AvgIpc) is 2.40. The maximum atomic E-state index is 12.5. The van der Waals surface area contributed by atoms with Gasteiger partial charge in [0, 0.05) is 10.6 Å². The molecule has 1 rings (SSSR count). The fraction of sp³-hybridized carbons (Fsp3) is 0.500. The fourth-order valence-corrected chi connectivity index (χ4v) is 2.03. The van der Waals surface area contributed by atoms with Gasteiger partial charge in [0.2, 0.25) is 0 Å². The third kappa shape index (κ3) is 7.13. The van der Waals surface area contributed by atoms with E-state index in [0.717, 1.165) is 4.90 Å². The van der Waals surface area contributed by atoms with Gasteiger partial charge in [-0.25, -0.2) is 14.5 Å². The molecule has 0 heterocycles. The monoisotopic (exact) mass is 369 g/mol. The van der Waals surface area contributed by atoms with Crippen molar-refractivity contribution in [3.63, 3.8) is 0 Å². The Labute approximate surface area is 153 Å². The lowest BCUT2D eigenvalue weighted by Crippen LogP contribution is -2.43. The van der Waals surface area contributed by atoms with Gasteiger partial charge in [-0.1, -0.05) is 11.6 Å². The number of benzene rings is 1. The minimum Gasteiger partial charge on any atom is -0.443 e. The van der Waals surface area contributed by atoms with Crippen LogP contribution >= 0.6 is 11.6 Å². The molecule has 0 saturated heterocycles. The summed E-state index contributed by atoms with van der Waals surface area (Å²) in [6.07, 6.45) is -1.09. The zero-order chi connectivity index (χ0) is 19.4. The van der Waals surface area contributed by atoms with Crippen molar-refractivity contribution in [1.82, 2.24) is 4.90 Å². The molecule has 0 unspecified atom stereocenters. The lowest BCUT2D eigenvalue weighted by Gasteiger charge is -2.28. The maximum Gasteiger partial charge on any atom is 0.420 e. The molecule has 0 radical (unpaired) electrons. The van der Waals surface area contributed by atoms with Crippen LogP contribution in [-0.2, 0) is 16.0 Å². The van der Waals surface area contributed by atoms with Crippen LogP contribution in [0.25, 0.3) is 0 Å². The summed E-state index contributed by atoms with van der Waals surface area (Å²) in [5, 5.41) is 0.383. The standard InChI is InChI=1S/C18H24ClNO5/c1-17(2,3)24-15(22)20(16(23)25-18(4,5)6)10-13-9-14(19)8-7-12(13)11-21/h7-9,11H,10H2,1-6H3. The number of amides is 2. The van der Waals surface area contributed by atoms with E-state index in [4.69, 9.17) is 21.1 Å². The quantitative estimate of drug-likeness (QED) is 0.714. The van der Waals surface area contributed by atoms with E-state index >= 15 is 0 Å². The van der Waals surface area contributed by atoms with E-state index < -0.39 is 23.4 Å². The first-order valence-electron chi connectivity index (χ1n) is 7.79. The second kappa shape index (κ2) is 7.87. The van der Waals surface area contributed by atoms with Crippen LogP contribution in [0.4, 0.5) is 9.59 Å². The van der Waals surface area contributed by atoms with Gasteiger partial charge in [0.1, 0.15) is 17.5 Å². The number of ether oxygens (including phenoxy) is 2. The van der Waals surface area contributed by atoms with Crippen molar-refractivity contribution in [2.24, 2.45) is 0 Å². The number of carbonyl (C=O) groups is 3. The van der Waals surface area contributed by atoms with E-state index in [1.165, 1.54) is 12.1 Å². The average molecular weight is 370 g/mol. The Hall–Kier alpha value is -2.08. The van der Waals surface area contributed by atoms with Gasteiger partial charge in [0.25, 0.3) is 0 Å². The molecule has 138 valence electrons. The van der Waals surface area contributed by atoms with E-state index in [0.29, 0.717) is 22.4 Å². The number of hydrogen-bond acceptors (Lipinski definition) is 5. The molecule has 25 heavy (non-hydrogen) atoms. The number of carbonyl (C=O) groups excluding carboxylic acids is 3. The van der Waals surface area contributed by atoms with Crippen LogP contribution in [0, 0.1) is 0 Å². The van der Waals surface area contributed by atoms with Gasteiger partial charge in [-0.05, 0) is 65.3 Å². The zero-order valence-corrected chi connectivity index (χ0v) is 16.1. The Balaban J connectivity index is 3.18. The van der Waals surface area contributed by atoms with Crippen molar-refractivity contribution in [2.45, 2.75) is 59.3 Å². The SMILES string of the molecule is CC(C)(C)OC(=O)N(Cc1cc(Cl)ccc1C=O)C(=O)OC(C)(C)C. The maximum absolute atomic E-state index is 12.5. The van der Waals surface area contributed by atoms with Gasteiger partial charge in [-0.2, -0.15) is 0 Å². The molecule has 0 spiro atoms. The van der Waals surface area contributed by atoms with Gasteiger partial charge >= 0.3 is 12.2 Å². The van der Waals surface area contributed by atoms with Crippen LogP contribution in [-0.4, -0.2) is 34.6 Å². The van der Waals surface area contributed by atoms with Crippen LogP contribution in [0.1, 0.15) is 57.5 Å². The second-order valence-electron chi connectivity index (χ2n) is 7.51. The summed E-state index contributed by atoms with van der Waals surface area (Å²) in [4.78, 5) is 37.0. The molecule has 0 N–H and O–H groups in total. The lowest BCUT2D eigenvalue weighted by molar-refractivity contribution is -0.000311. The molecule has 1 aromatic rings. The lowest BCUT2D eigenvalue weighted by atomic mass is 10.1.